The monoisotopic (exact) mass is 312 g/mol. The molecule has 0 atom stereocenters. The molecule has 0 bridgehead atoms. The molecule has 4 nitrogen and oxygen atoms in total. The molecule has 1 radical (unpaired) electrons. The Kier molecular flexibility index (Phi) is 6.15. The molecule has 2 aromatic rings. The first-order valence-corrected chi connectivity index (χ1v) is 7.91. The number of ether oxygens (including phenoxy) is 1. The highest BCUT2D eigenvalue weighted by Crippen LogP contribution is 2.30. The average Bonchev–Trinajstić information content (AvgIpc) is 2.57. The molecule has 0 aromatic heterocycles. The highest BCUT2D eigenvalue weighted by atomic mass is 16.5. The van der Waals surface area contributed by atoms with Crippen molar-refractivity contribution in [1.29, 1.82) is 0 Å². The van der Waals surface area contributed by atoms with Crippen LogP contribution in [0.2, 0.25) is 0 Å². The van der Waals surface area contributed by atoms with E-state index in [-0.39, 0.29) is 0 Å². The molecule has 0 aliphatic heterocycles. The van der Waals surface area contributed by atoms with E-state index in [1.54, 1.807) is 7.11 Å². The minimum atomic E-state index is 0.785. The van der Waals surface area contributed by atoms with E-state index in [2.05, 4.69) is 36.3 Å². The maximum absolute atomic E-state index is 6.33. The van der Waals surface area contributed by atoms with Crippen LogP contribution in [0.3, 0.4) is 0 Å². The summed E-state index contributed by atoms with van der Waals surface area (Å²) in [6.45, 7) is 5.53. The maximum Gasteiger partial charge on any atom is 0.118 e. The number of rotatable bonds is 8. The van der Waals surface area contributed by atoms with Crippen LogP contribution in [0.1, 0.15) is 18.4 Å². The van der Waals surface area contributed by atoms with Crippen LogP contribution in [0.15, 0.2) is 42.5 Å². The SMILES string of the molecule is [CH2]CCCNc1cccc(N(C)Cc2ccc(OC)cc2)c1N. The van der Waals surface area contributed by atoms with Gasteiger partial charge in [-0.25, -0.2) is 0 Å². The number of hydrogen-bond acceptors (Lipinski definition) is 4. The van der Waals surface area contributed by atoms with Crippen molar-refractivity contribution in [3.8, 4) is 5.75 Å². The molecule has 0 aliphatic rings. The van der Waals surface area contributed by atoms with Crippen molar-refractivity contribution in [2.24, 2.45) is 0 Å². The standard InChI is InChI=1S/C19H26N3O/c1-4-5-13-21-17-7-6-8-18(19(17)20)22(2)14-15-9-11-16(23-3)12-10-15/h6-12,21H,1,4-5,13-14,20H2,2-3H3. The van der Waals surface area contributed by atoms with Gasteiger partial charge in [-0.3, -0.25) is 0 Å². The Hall–Kier alpha value is -2.36. The van der Waals surface area contributed by atoms with Crippen LogP contribution < -0.4 is 20.7 Å². The third-order valence-electron chi connectivity index (χ3n) is 3.82. The molecule has 0 saturated heterocycles. The van der Waals surface area contributed by atoms with Gasteiger partial charge in [0.1, 0.15) is 5.75 Å². The quantitative estimate of drug-likeness (QED) is 0.572. The van der Waals surface area contributed by atoms with Gasteiger partial charge in [0.05, 0.1) is 24.2 Å². The van der Waals surface area contributed by atoms with Gasteiger partial charge in [-0.05, 0) is 36.2 Å². The Morgan fingerprint density at radius 2 is 1.91 bits per heavy atom. The Balaban J connectivity index is 2.08. The molecule has 0 spiro atoms. The van der Waals surface area contributed by atoms with Gasteiger partial charge < -0.3 is 20.7 Å². The largest absolute Gasteiger partial charge is 0.497 e. The second-order valence-electron chi connectivity index (χ2n) is 5.58. The van der Waals surface area contributed by atoms with Gasteiger partial charge >= 0.3 is 0 Å². The Morgan fingerprint density at radius 1 is 1.17 bits per heavy atom. The van der Waals surface area contributed by atoms with Crippen LogP contribution in [0.4, 0.5) is 17.1 Å². The van der Waals surface area contributed by atoms with Gasteiger partial charge in [0.25, 0.3) is 0 Å². The Bertz CT molecular complexity index is 611. The number of nitrogens with two attached hydrogens (primary N) is 1. The van der Waals surface area contributed by atoms with Crippen molar-refractivity contribution in [3.05, 3.63) is 55.0 Å². The van der Waals surface area contributed by atoms with Gasteiger partial charge in [-0.1, -0.05) is 31.5 Å². The van der Waals surface area contributed by atoms with E-state index < -0.39 is 0 Å². The first-order chi connectivity index (χ1) is 11.2. The number of nitrogen functional groups attached to an aromatic ring is 1. The molecule has 0 unspecified atom stereocenters. The highest BCUT2D eigenvalue weighted by Gasteiger charge is 2.09. The lowest BCUT2D eigenvalue weighted by atomic mass is 10.1. The number of para-hydroxylation sites is 1. The first-order valence-electron chi connectivity index (χ1n) is 7.91. The Labute approximate surface area is 139 Å². The van der Waals surface area contributed by atoms with Crippen molar-refractivity contribution in [1.82, 2.24) is 0 Å². The highest BCUT2D eigenvalue weighted by molar-refractivity contribution is 5.80. The molecule has 0 saturated carbocycles. The minimum Gasteiger partial charge on any atom is -0.497 e. The summed E-state index contributed by atoms with van der Waals surface area (Å²) in [6, 6.07) is 14.2. The van der Waals surface area contributed by atoms with E-state index in [9.17, 15) is 0 Å². The molecule has 3 N–H and O–H groups in total. The van der Waals surface area contributed by atoms with Crippen molar-refractivity contribution in [2.45, 2.75) is 19.4 Å². The summed E-state index contributed by atoms with van der Waals surface area (Å²) >= 11 is 0. The molecular weight excluding hydrogens is 286 g/mol. The molecule has 123 valence electrons. The van der Waals surface area contributed by atoms with Crippen molar-refractivity contribution >= 4 is 17.1 Å². The summed E-state index contributed by atoms with van der Waals surface area (Å²) in [5.74, 6) is 0.868. The summed E-state index contributed by atoms with van der Waals surface area (Å²) in [6.07, 6.45) is 1.95. The van der Waals surface area contributed by atoms with E-state index in [4.69, 9.17) is 10.5 Å². The summed E-state index contributed by atoms with van der Waals surface area (Å²) in [4.78, 5) is 2.16. The van der Waals surface area contributed by atoms with Crippen molar-refractivity contribution in [3.63, 3.8) is 0 Å². The predicted molar refractivity (Wildman–Crippen MR) is 99.0 cm³/mol. The fourth-order valence-electron chi connectivity index (χ4n) is 2.48. The van der Waals surface area contributed by atoms with Crippen molar-refractivity contribution in [2.75, 3.05) is 36.7 Å². The zero-order valence-corrected chi connectivity index (χ0v) is 14.0. The average molecular weight is 312 g/mol. The lowest BCUT2D eigenvalue weighted by Gasteiger charge is -2.23. The van der Waals surface area contributed by atoms with E-state index >= 15 is 0 Å². The van der Waals surface area contributed by atoms with Gasteiger partial charge in [-0.15, -0.1) is 0 Å². The fourth-order valence-corrected chi connectivity index (χ4v) is 2.48. The van der Waals surface area contributed by atoms with E-state index in [0.29, 0.717) is 0 Å². The summed E-state index contributed by atoms with van der Waals surface area (Å²) < 4.78 is 5.19. The van der Waals surface area contributed by atoms with Crippen LogP contribution in [0, 0.1) is 6.92 Å². The van der Waals surface area contributed by atoms with Crippen LogP contribution >= 0.6 is 0 Å². The van der Waals surface area contributed by atoms with Gasteiger partial charge in [0.2, 0.25) is 0 Å². The smallest absolute Gasteiger partial charge is 0.118 e. The molecule has 23 heavy (non-hydrogen) atoms. The molecule has 0 heterocycles. The topological polar surface area (TPSA) is 50.5 Å². The molecular formula is C19H26N3O. The lowest BCUT2D eigenvalue weighted by Crippen LogP contribution is -2.18. The van der Waals surface area contributed by atoms with Crippen molar-refractivity contribution < 1.29 is 4.74 Å². The van der Waals surface area contributed by atoms with Gasteiger partial charge in [-0.2, -0.15) is 0 Å². The number of hydrogen-bond donors (Lipinski definition) is 2. The number of benzene rings is 2. The number of anilines is 3. The zero-order valence-electron chi connectivity index (χ0n) is 14.0. The molecule has 0 fully saturated rings. The van der Waals surface area contributed by atoms with Crippen LogP contribution in [0.5, 0.6) is 5.75 Å². The third kappa shape index (κ3) is 4.55. The number of nitrogens with one attached hydrogen (secondary N) is 1. The minimum absolute atomic E-state index is 0.785. The van der Waals surface area contributed by atoms with Crippen LogP contribution in [0.25, 0.3) is 0 Å². The van der Waals surface area contributed by atoms with E-state index in [0.717, 1.165) is 48.7 Å². The normalized spacial score (nSPS) is 10.4. The maximum atomic E-state index is 6.33. The third-order valence-corrected chi connectivity index (χ3v) is 3.82. The summed E-state index contributed by atoms with van der Waals surface area (Å²) in [5, 5.41) is 3.38. The molecule has 0 amide bonds. The fraction of sp³-hybridized carbons (Fsp3) is 0.316. The summed E-state index contributed by atoms with van der Waals surface area (Å²) in [5.41, 5.74) is 10.3. The summed E-state index contributed by atoms with van der Waals surface area (Å²) in [7, 11) is 3.73. The molecule has 0 aliphatic carbocycles. The van der Waals surface area contributed by atoms with E-state index in [1.807, 2.05) is 30.3 Å². The molecule has 4 heteroatoms. The molecule has 2 rings (SSSR count). The van der Waals surface area contributed by atoms with Gasteiger partial charge in [0, 0.05) is 20.1 Å². The first kappa shape index (κ1) is 17.0. The number of nitrogens with zero attached hydrogens (tertiary/aromatic N) is 1. The predicted octanol–water partition coefficient (Wildman–Crippen LogP) is 3.94. The number of unbranched alkanes of at least 4 members (excludes halogenated alkanes) is 1. The van der Waals surface area contributed by atoms with Gasteiger partial charge in [0.15, 0.2) is 0 Å². The zero-order chi connectivity index (χ0) is 16.7. The van der Waals surface area contributed by atoms with Crippen LogP contribution in [-0.2, 0) is 6.54 Å². The lowest BCUT2D eigenvalue weighted by molar-refractivity contribution is 0.414. The van der Waals surface area contributed by atoms with Crippen LogP contribution in [-0.4, -0.2) is 20.7 Å². The molecule has 2 aromatic carbocycles. The van der Waals surface area contributed by atoms with E-state index in [1.165, 1.54) is 5.56 Å². The Morgan fingerprint density at radius 3 is 2.57 bits per heavy atom. The second kappa shape index (κ2) is 8.32. The second-order valence-corrected chi connectivity index (χ2v) is 5.58. The number of methoxy groups -OCH3 is 1.